The van der Waals surface area contributed by atoms with Crippen LogP contribution in [0.3, 0.4) is 0 Å². The van der Waals surface area contributed by atoms with Gasteiger partial charge in [0.2, 0.25) is 11.8 Å². The van der Waals surface area contributed by atoms with Crippen molar-refractivity contribution in [3.8, 4) is 0 Å². The lowest BCUT2D eigenvalue weighted by Crippen LogP contribution is -2.56. The van der Waals surface area contributed by atoms with Crippen LogP contribution in [0.15, 0.2) is 10.1 Å². The summed E-state index contributed by atoms with van der Waals surface area (Å²) < 4.78 is 33.5. The Morgan fingerprint density at radius 3 is 2.91 bits per heavy atom. The van der Waals surface area contributed by atoms with Gasteiger partial charge in [-0.15, -0.1) is 5.10 Å². The standard InChI is InChI=1S/C11H13F2N5O4/c12-5-4(22-10(2-19)8(13)11(5,10)21)3-1-15-6-7(20)16-9(14)17-18(3)6/h3-5,8,19,21H,1-2H2,(H3,14,16,17,20)/t3?,4-,5-,8?,10-,11+/m0/s1. The molecule has 11 heteroatoms. The number of nitrogens with zero attached hydrogens (tertiary/aromatic N) is 3. The van der Waals surface area contributed by atoms with Crippen molar-refractivity contribution in [1.29, 1.82) is 0 Å². The number of ether oxygens (including phenoxy) is 1. The van der Waals surface area contributed by atoms with E-state index in [-0.39, 0.29) is 18.3 Å². The molecule has 120 valence electrons. The number of aliphatic hydroxyl groups is 2. The minimum atomic E-state index is -2.39. The highest BCUT2D eigenvalue weighted by molar-refractivity contribution is 6.41. The van der Waals surface area contributed by atoms with Gasteiger partial charge in [-0.1, -0.05) is 0 Å². The molecule has 0 aromatic rings. The summed E-state index contributed by atoms with van der Waals surface area (Å²) >= 11 is 0. The molecule has 4 aliphatic rings. The second-order valence-corrected chi connectivity index (χ2v) is 5.74. The number of halogens is 2. The van der Waals surface area contributed by atoms with Crippen LogP contribution in [-0.4, -0.2) is 81.8 Å². The van der Waals surface area contributed by atoms with Crippen molar-refractivity contribution in [2.75, 3.05) is 13.2 Å². The van der Waals surface area contributed by atoms with E-state index in [0.717, 1.165) is 5.01 Å². The Morgan fingerprint density at radius 1 is 1.55 bits per heavy atom. The number of aliphatic hydroxyl groups excluding tert-OH is 1. The third kappa shape index (κ3) is 1.30. The number of carbonyl (C=O) groups is 1. The first-order chi connectivity index (χ1) is 10.4. The lowest BCUT2D eigenvalue weighted by Gasteiger charge is -2.31. The molecule has 6 atom stereocenters. The Balaban J connectivity index is 1.63. The molecule has 4 rings (SSSR count). The first-order valence-corrected chi connectivity index (χ1v) is 6.65. The molecule has 1 aliphatic carbocycles. The first-order valence-electron chi connectivity index (χ1n) is 6.65. The van der Waals surface area contributed by atoms with Crippen LogP contribution in [0.4, 0.5) is 8.78 Å². The summed E-state index contributed by atoms with van der Waals surface area (Å²) in [6.07, 6.45) is -5.39. The Labute approximate surface area is 122 Å². The second-order valence-electron chi connectivity index (χ2n) is 5.74. The maximum atomic E-state index is 14.5. The van der Waals surface area contributed by atoms with E-state index in [1.807, 2.05) is 0 Å². The van der Waals surface area contributed by atoms with Gasteiger partial charge in [-0.2, -0.15) is 0 Å². The van der Waals surface area contributed by atoms with E-state index in [9.17, 15) is 23.8 Å². The van der Waals surface area contributed by atoms with Gasteiger partial charge in [0, 0.05) is 0 Å². The molecule has 2 unspecified atom stereocenters. The van der Waals surface area contributed by atoms with Crippen molar-refractivity contribution in [3.05, 3.63) is 0 Å². The number of aliphatic imine (C=N–C) groups is 1. The minimum absolute atomic E-state index is 0.0286. The smallest absolute Gasteiger partial charge is 0.295 e. The van der Waals surface area contributed by atoms with Crippen LogP contribution in [-0.2, 0) is 9.53 Å². The van der Waals surface area contributed by atoms with Crippen LogP contribution >= 0.6 is 0 Å². The molecular formula is C11H13F2N5O4. The molecule has 22 heavy (non-hydrogen) atoms. The molecule has 2 fully saturated rings. The number of guanidine groups is 1. The maximum Gasteiger partial charge on any atom is 0.295 e. The van der Waals surface area contributed by atoms with Gasteiger partial charge in [-0.3, -0.25) is 15.1 Å². The highest BCUT2D eigenvalue weighted by Gasteiger charge is 2.89. The fourth-order valence-corrected chi connectivity index (χ4v) is 3.41. The highest BCUT2D eigenvalue weighted by Crippen LogP contribution is 2.63. The average molecular weight is 317 g/mol. The highest BCUT2D eigenvalue weighted by atomic mass is 19.2. The molecule has 0 radical (unpaired) electrons. The van der Waals surface area contributed by atoms with Gasteiger partial charge < -0.3 is 20.7 Å². The average Bonchev–Trinajstić information content (AvgIpc) is 2.81. The Bertz CT molecular complexity index is 626. The molecule has 0 aromatic heterocycles. The van der Waals surface area contributed by atoms with E-state index < -0.39 is 48.2 Å². The van der Waals surface area contributed by atoms with Crippen molar-refractivity contribution in [2.45, 2.75) is 35.7 Å². The summed E-state index contributed by atoms with van der Waals surface area (Å²) in [7, 11) is 0. The number of amides is 1. The fraction of sp³-hybridized carbons (Fsp3) is 0.727. The molecule has 3 aliphatic heterocycles. The van der Waals surface area contributed by atoms with Crippen molar-refractivity contribution < 1.29 is 28.5 Å². The monoisotopic (exact) mass is 317 g/mol. The van der Waals surface area contributed by atoms with E-state index in [4.69, 9.17) is 10.5 Å². The number of nitrogens with one attached hydrogen (secondary N) is 1. The molecule has 9 nitrogen and oxygen atoms in total. The number of hydrogen-bond donors (Lipinski definition) is 4. The lowest BCUT2D eigenvalue weighted by molar-refractivity contribution is -0.115. The van der Waals surface area contributed by atoms with Crippen LogP contribution < -0.4 is 11.1 Å². The van der Waals surface area contributed by atoms with Gasteiger partial charge in [-0.25, -0.2) is 13.8 Å². The van der Waals surface area contributed by atoms with Gasteiger partial charge in [0.05, 0.1) is 13.2 Å². The maximum absolute atomic E-state index is 14.5. The Morgan fingerprint density at radius 2 is 2.27 bits per heavy atom. The number of rotatable bonds is 2. The van der Waals surface area contributed by atoms with E-state index in [2.05, 4.69) is 15.4 Å². The normalized spacial score (nSPS) is 49.3. The number of nitrogens with two attached hydrogens (primary N) is 1. The molecule has 0 spiro atoms. The van der Waals surface area contributed by atoms with Crippen LogP contribution in [0.25, 0.3) is 0 Å². The number of fused-ring (bicyclic) bond motifs is 2. The largest absolute Gasteiger partial charge is 0.393 e. The summed E-state index contributed by atoms with van der Waals surface area (Å²) in [6.45, 7) is -0.882. The van der Waals surface area contributed by atoms with Crippen LogP contribution in [0.5, 0.6) is 0 Å². The fourth-order valence-electron chi connectivity index (χ4n) is 3.41. The predicted molar refractivity (Wildman–Crippen MR) is 67.1 cm³/mol. The summed E-state index contributed by atoms with van der Waals surface area (Å²) in [4.78, 5) is 15.7. The van der Waals surface area contributed by atoms with Crippen LogP contribution in [0.1, 0.15) is 0 Å². The summed E-state index contributed by atoms with van der Waals surface area (Å²) in [6, 6.07) is -0.859. The predicted octanol–water partition coefficient (Wildman–Crippen LogP) is -3.02. The van der Waals surface area contributed by atoms with Crippen molar-refractivity contribution in [1.82, 2.24) is 10.3 Å². The zero-order valence-electron chi connectivity index (χ0n) is 11.1. The topological polar surface area (TPSA) is 133 Å². The Hall–Kier alpha value is -1.85. The third-order valence-electron chi connectivity index (χ3n) is 4.68. The van der Waals surface area contributed by atoms with Gasteiger partial charge in [0.1, 0.15) is 12.1 Å². The molecule has 1 saturated heterocycles. The minimum Gasteiger partial charge on any atom is -0.393 e. The molecule has 1 saturated carbocycles. The summed E-state index contributed by atoms with van der Waals surface area (Å²) in [5, 5.41) is 26.5. The molecule has 0 bridgehead atoms. The van der Waals surface area contributed by atoms with Gasteiger partial charge in [0.25, 0.3) is 5.91 Å². The molecule has 0 aromatic carbocycles. The quantitative estimate of drug-likeness (QED) is 0.428. The number of alkyl halides is 2. The third-order valence-corrected chi connectivity index (χ3v) is 4.68. The number of hydrogen-bond acceptors (Lipinski definition) is 8. The van der Waals surface area contributed by atoms with Crippen molar-refractivity contribution in [3.63, 3.8) is 0 Å². The number of amidine groups is 1. The molecule has 3 heterocycles. The zero-order chi connectivity index (χ0) is 15.9. The first kappa shape index (κ1) is 13.8. The molecular weight excluding hydrogens is 304 g/mol. The Kier molecular flexibility index (Phi) is 2.45. The van der Waals surface area contributed by atoms with E-state index in [0.29, 0.717) is 0 Å². The van der Waals surface area contributed by atoms with Gasteiger partial charge >= 0.3 is 0 Å². The van der Waals surface area contributed by atoms with Gasteiger partial charge in [0.15, 0.2) is 23.5 Å². The molecule has 1 amide bonds. The SMILES string of the molecule is NC1=NN2C(=NCC2[C@@H]2O[C@@]3(CO)C(F)[C@]3(O)[C@H]2F)C(=O)N1. The lowest BCUT2D eigenvalue weighted by atomic mass is 10.0. The second kappa shape index (κ2) is 3.91. The zero-order valence-corrected chi connectivity index (χ0v) is 11.1. The number of hydrazone groups is 1. The van der Waals surface area contributed by atoms with E-state index in [1.165, 1.54) is 0 Å². The van der Waals surface area contributed by atoms with E-state index in [1.54, 1.807) is 0 Å². The van der Waals surface area contributed by atoms with E-state index >= 15 is 0 Å². The van der Waals surface area contributed by atoms with Gasteiger partial charge in [-0.05, 0) is 0 Å². The van der Waals surface area contributed by atoms with Crippen LogP contribution in [0.2, 0.25) is 0 Å². The summed E-state index contributed by atoms with van der Waals surface area (Å²) in [5.41, 5.74) is 1.10. The molecule has 5 N–H and O–H groups in total. The van der Waals surface area contributed by atoms with Crippen molar-refractivity contribution in [2.24, 2.45) is 15.8 Å². The summed E-state index contributed by atoms with van der Waals surface area (Å²) in [5.74, 6) is -0.835. The van der Waals surface area contributed by atoms with Crippen LogP contribution in [0, 0.1) is 0 Å². The van der Waals surface area contributed by atoms with Crippen molar-refractivity contribution >= 4 is 17.7 Å². The number of carbonyl (C=O) groups excluding carboxylic acids is 1.